The maximum absolute atomic E-state index is 11.0. The molecule has 13 heavy (non-hydrogen) atoms. The third kappa shape index (κ3) is 7.32. The predicted octanol–water partition coefficient (Wildman–Crippen LogP) is -1.11. The number of halogens is 1. The van der Waals surface area contributed by atoms with Gasteiger partial charge in [-0.15, -0.1) is 0 Å². The molecule has 0 amide bonds. The van der Waals surface area contributed by atoms with E-state index >= 15 is 0 Å². The second-order valence-corrected chi connectivity index (χ2v) is 3.59. The Morgan fingerprint density at radius 1 is 1.38 bits per heavy atom. The molecule has 5 nitrogen and oxygen atoms in total. The van der Waals surface area contributed by atoms with Gasteiger partial charge >= 0.3 is 0 Å². The molecule has 7 N–H and O–H groups in total. The van der Waals surface area contributed by atoms with Crippen molar-refractivity contribution in [1.29, 1.82) is 0 Å². The molecule has 0 aliphatic carbocycles. The number of alkyl halides is 1. The van der Waals surface area contributed by atoms with Crippen molar-refractivity contribution in [3.05, 3.63) is 0 Å². The highest BCUT2D eigenvalue weighted by molar-refractivity contribution is 14.1. The molecule has 78 valence electrons. The molecule has 0 aromatic carbocycles. The Morgan fingerprint density at radius 2 is 2.00 bits per heavy atom. The van der Waals surface area contributed by atoms with Gasteiger partial charge in [0.1, 0.15) is 6.29 Å². The molecule has 0 radical (unpaired) electrons. The summed E-state index contributed by atoms with van der Waals surface area (Å²) in [4.78, 5) is 11.0. The van der Waals surface area contributed by atoms with E-state index in [4.69, 9.17) is 17.2 Å². The molecule has 0 spiro atoms. The number of Topliss-reactive ketones (excluding diaryl/α,β-unsaturated/α-hetero) is 1. The van der Waals surface area contributed by atoms with E-state index in [9.17, 15) is 4.79 Å². The second-order valence-electron chi connectivity index (χ2n) is 2.83. The van der Waals surface area contributed by atoms with Crippen LogP contribution in [0.25, 0.3) is 0 Å². The van der Waals surface area contributed by atoms with E-state index in [0.717, 1.165) is 6.42 Å². The third-order valence-corrected chi connectivity index (χ3v) is 2.37. The van der Waals surface area contributed by atoms with Crippen LogP contribution in [0.1, 0.15) is 12.8 Å². The van der Waals surface area contributed by atoms with Crippen LogP contribution in [0.4, 0.5) is 0 Å². The molecule has 1 atom stereocenters. The lowest BCUT2D eigenvalue weighted by molar-refractivity contribution is -0.117. The summed E-state index contributed by atoms with van der Waals surface area (Å²) in [6, 6.07) is -0.340. The van der Waals surface area contributed by atoms with Gasteiger partial charge in [-0.3, -0.25) is 10.1 Å². The first kappa shape index (κ1) is 13.2. The second kappa shape index (κ2) is 7.63. The average molecular weight is 300 g/mol. The standard InChI is InChI=1S/C7H17IN4O/c8-4-6(13)5(9)2-1-3-12-7(10)11/h5,7,12H,1-4,9-11H2/t5-/m0/s1. The number of ketones is 1. The van der Waals surface area contributed by atoms with E-state index in [2.05, 4.69) is 5.32 Å². The zero-order valence-electron chi connectivity index (χ0n) is 7.50. The summed E-state index contributed by atoms with van der Waals surface area (Å²) < 4.78 is 0.475. The Bertz CT molecular complexity index is 153. The first-order valence-electron chi connectivity index (χ1n) is 4.16. The predicted molar refractivity (Wildman–Crippen MR) is 61.3 cm³/mol. The van der Waals surface area contributed by atoms with Gasteiger partial charge in [0.15, 0.2) is 5.78 Å². The fraction of sp³-hybridized carbons (Fsp3) is 0.857. The van der Waals surface area contributed by atoms with Gasteiger partial charge in [-0.05, 0) is 19.4 Å². The fourth-order valence-electron chi connectivity index (χ4n) is 0.851. The average Bonchev–Trinajstić information content (AvgIpc) is 2.10. The van der Waals surface area contributed by atoms with Crippen molar-refractivity contribution < 1.29 is 4.79 Å². The SMILES string of the molecule is NC(N)NCCC[C@H](N)C(=O)CI. The van der Waals surface area contributed by atoms with Crippen LogP contribution < -0.4 is 22.5 Å². The van der Waals surface area contributed by atoms with Crippen molar-refractivity contribution in [3.8, 4) is 0 Å². The molecular formula is C7H17IN4O. The highest BCUT2D eigenvalue weighted by Crippen LogP contribution is 1.97. The van der Waals surface area contributed by atoms with Gasteiger partial charge in [0.25, 0.3) is 0 Å². The van der Waals surface area contributed by atoms with E-state index in [1.54, 1.807) is 0 Å². The molecule has 0 aromatic heterocycles. The first-order chi connectivity index (χ1) is 6.07. The Balaban J connectivity index is 3.37. The van der Waals surface area contributed by atoms with Crippen molar-refractivity contribution >= 4 is 28.4 Å². The van der Waals surface area contributed by atoms with Crippen LogP contribution >= 0.6 is 22.6 Å². The minimum atomic E-state index is -0.489. The Hall–Kier alpha value is 0.240. The van der Waals surface area contributed by atoms with Gasteiger partial charge < -0.3 is 17.2 Å². The summed E-state index contributed by atoms with van der Waals surface area (Å²) >= 11 is 2.02. The normalized spacial score (nSPS) is 13.3. The molecule has 6 heteroatoms. The number of rotatable bonds is 7. The lowest BCUT2D eigenvalue weighted by Crippen LogP contribution is -2.45. The van der Waals surface area contributed by atoms with E-state index in [1.165, 1.54) is 0 Å². The molecule has 0 fully saturated rings. The number of hydrogen-bond acceptors (Lipinski definition) is 5. The lowest BCUT2D eigenvalue weighted by Gasteiger charge is -2.10. The molecule has 0 aliphatic rings. The summed E-state index contributed by atoms with van der Waals surface area (Å²) in [6.07, 6.45) is 1.01. The van der Waals surface area contributed by atoms with Gasteiger partial charge in [0.2, 0.25) is 0 Å². The summed E-state index contributed by atoms with van der Waals surface area (Å²) in [6.45, 7) is 0.694. The van der Waals surface area contributed by atoms with Crippen LogP contribution in [0.15, 0.2) is 0 Å². The van der Waals surface area contributed by atoms with Gasteiger partial charge in [0.05, 0.1) is 10.5 Å². The van der Waals surface area contributed by atoms with Crippen molar-refractivity contribution in [2.75, 3.05) is 11.0 Å². The van der Waals surface area contributed by atoms with Crippen molar-refractivity contribution in [2.24, 2.45) is 17.2 Å². The minimum absolute atomic E-state index is 0.0950. The van der Waals surface area contributed by atoms with Gasteiger partial charge in [-0.2, -0.15) is 0 Å². The fourth-order valence-corrected chi connectivity index (χ4v) is 1.42. The van der Waals surface area contributed by atoms with E-state index in [1.807, 2.05) is 22.6 Å². The monoisotopic (exact) mass is 300 g/mol. The van der Waals surface area contributed by atoms with E-state index in [-0.39, 0.29) is 11.8 Å². The highest BCUT2D eigenvalue weighted by Gasteiger charge is 2.10. The Morgan fingerprint density at radius 3 is 2.46 bits per heavy atom. The topological polar surface area (TPSA) is 107 Å². The van der Waals surface area contributed by atoms with E-state index < -0.39 is 6.29 Å². The van der Waals surface area contributed by atoms with Crippen LogP contribution in [0.2, 0.25) is 0 Å². The summed E-state index contributed by atoms with van der Waals surface area (Å²) in [7, 11) is 0. The number of nitrogens with two attached hydrogens (primary N) is 3. The van der Waals surface area contributed by atoms with E-state index in [0.29, 0.717) is 17.4 Å². The number of carbonyl (C=O) groups excluding carboxylic acids is 1. The smallest absolute Gasteiger partial charge is 0.159 e. The lowest BCUT2D eigenvalue weighted by atomic mass is 10.1. The summed E-state index contributed by atoms with van der Waals surface area (Å²) in [5.41, 5.74) is 16.1. The van der Waals surface area contributed by atoms with Crippen LogP contribution in [0.5, 0.6) is 0 Å². The largest absolute Gasteiger partial charge is 0.321 e. The first-order valence-corrected chi connectivity index (χ1v) is 5.69. The maximum Gasteiger partial charge on any atom is 0.159 e. The molecule has 0 aromatic rings. The quantitative estimate of drug-likeness (QED) is 0.206. The van der Waals surface area contributed by atoms with Crippen molar-refractivity contribution in [2.45, 2.75) is 25.2 Å². The number of nitrogens with one attached hydrogen (secondary N) is 1. The summed E-state index contributed by atoms with van der Waals surface area (Å²) in [5.74, 6) is 0.0950. The third-order valence-electron chi connectivity index (χ3n) is 1.62. The van der Waals surface area contributed by atoms with Crippen molar-refractivity contribution in [1.82, 2.24) is 5.32 Å². The number of carbonyl (C=O) groups is 1. The zero-order chi connectivity index (χ0) is 10.3. The van der Waals surface area contributed by atoms with Crippen LogP contribution in [-0.4, -0.2) is 29.1 Å². The zero-order valence-corrected chi connectivity index (χ0v) is 9.66. The number of hydrogen-bond donors (Lipinski definition) is 4. The molecule has 0 aliphatic heterocycles. The summed E-state index contributed by atoms with van der Waals surface area (Å²) in [5, 5.41) is 2.84. The molecule has 0 saturated carbocycles. The van der Waals surface area contributed by atoms with Crippen LogP contribution in [0.3, 0.4) is 0 Å². The minimum Gasteiger partial charge on any atom is -0.321 e. The highest BCUT2D eigenvalue weighted by atomic mass is 127. The molecular weight excluding hydrogens is 283 g/mol. The van der Waals surface area contributed by atoms with Gasteiger partial charge in [-0.1, -0.05) is 22.6 Å². The van der Waals surface area contributed by atoms with Gasteiger partial charge in [0, 0.05) is 0 Å². The molecule has 0 bridgehead atoms. The molecule has 0 rings (SSSR count). The van der Waals surface area contributed by atoms with Crippen LogP contribution in [-0.2, 0) is 4.79 Å². The molecule has 0 saturated heterocycles. The van der Waals surface area contributed by atoms with Crippen LogP contribution in [0, 0.1) is 0 Å². The molecule has 0 heterocycles. The molecule has 0 unspecified atom stereocenters. The Kier molecular flexibility index (Phi) is 7.77. The van der Waals surface area contributed by atoms with Crippen molar-refractivity contribution in [3.63, 3.8) is 0 Å². The Labute approximate surface area is 91.9 Å². The maximum atomic E-state index is 11.0. The van der Waals surface area contributed by atoms with Gasteiger partial charge in [-0.25, -0.2) is 0 Å².